The molecule has 24 heavy (non-hydrogen) atoms. The molecule has 0 atom stereocenters. The van der Waals surface area contributed by atoms with Crippen molar-refractivity contribution in [2.75, 3.05) is 55.8 Å². The van der Waals surface area contributed by atoms with E-state index in [4.69, 9.17) is 5.73 Å². The number of piperazine rings is 1. The highest BCUT2D eigenvalue weighted by Crippen LogP contribution is 2.19. The lowest BCUT2D eigenvalue weighted by atomic mass is 10.1. The summed E-state index contributed by atoms with van der Waals surface area (Å²) in [5, 5.41) is 0. The monoisotopic (exact) mass is 324 g/mol. The van der Waals surface area contributed by atoms with Gasteiger partial charge in [-0.1, -0.05) is 0 Å². The van der Waals surface area contributed by atoms with Crippen LogP contribution in [0, 0.1) is 0 Å². The van der Waals surface area contributed by atoms with Crippen LogP contribution in [0.1, 0.15) is 10.4 Å². The molecule has 2 N–H and O–H groups in total. The summed E-state index contributed by atoms with van der Waals surface area (Å²) in [5.74, 6) is 0.109. The first-order valence-electron chi connectivity index (χ1n) is 8.22. The summed E-state index contributed by atoms with van der Waals surface area (Å²) in [5.41, 5.74) is 9.52. The Balaban J connectivity index is 1.61. The van der Waals surface area contributed by atoms with E-state index in [-0.39, 0.29) is 5.91 Å². The Morgan fingerprint density at radius 1 is 0.917 bits per heavy atom. The molecule has 0 bridgehead atoms. The third-order valence-electron chi connectivity index (χ3n) is 4.46. The molecule has 1 amide bonds. The van der Waals surface area contributed by atoms with Crippen LogP contribution in [0.2, 0.25) is 0 Å². The summed E-state index contributed by atoms with van der Waals surface area (Å²) in [4.78, 5) is 18.9. The highest BCUT2D eigenvalue weighted by Gasteiger charge is 2.22. The van der Waals surface area contributed by atoms with Crippen LogP contribution in [0.15, 0.2) is 48.5 Å². The largest absolute Gasteiger partial charge is 0.399 e. The molecule has 1 aliphatic rings. The predicted molar refractivity (Wildman–Crippen MR) is 99.7 cm³/mol. The maximum absolute atomic E-state index is 12.6. The third kappa shape index (κ3) is 3.45. The standard InChI is InChI=1S/C19H24N4O/c1-21(2)17-7-3-15(4-8-17)19(24)23-13-11-22(12-14-23)18-9-5-16(20)6-10-18/h3-10H,11-14,20H2,1-2H3. The lowest BCUT2D eigenvalue weighted by Gasteiger charge is -2.36. The van der Waals surface area contributed by atoms with Gasteiger partial charge < -0.3 is 20.4 Å². The number of benzene rings is 2. The van der Waals surface area contributed by atoms with Crippen molar-refractivity contribution < 1.29 is 4.79 Å². The maximum atomic E-state index is 12.6. The van der Waals surface area contributed by atoms with E-state index in [0.717, 1.165) is 48.8 Å². The van der Waals surface area contributed by atoms with Gasteiger partial charge in [0.2, 0.25) is 0 Å². The molecule has 0 radical (unpaired) electrons. The minimum Gasteiger partial charge on any atom is -0.399 e. The van der Waals surface area contributed by atoms with E-state index in [0.29, 0.717) is 0 Å². The molecule has 1 fully saturated rings. The Hall–Kier alpha value is -2.69. The molecule has 2 aromatic carbocycles. The van der Waals surface area contributed by atoms with Crippen molar-refractivity contribution in [2.24, 2.45) is 0 Å². The first-order chi connectivity index (χ1) is 11.5. The van der Waals surface area contributed by atoms with Crippen molar-refractivity contribution in [3.05, 3.63) is 54.1 Å². The van der Waals surface area contributed by atoms with Gasteiger partial charge in [-0.25, -0.2) is 0 Å². The van der Waals surface area contributed by atoms with E-state index in [1.807, 2.05) is 72.4 Å². The van der Waals surface area contributed by atoms with Crippen molar-refractivity contribution in [2.45, 2.75) is 0 Å². The molecule has 5 heteroatoms. The fourth-order valence-electron chi connectivity index (χ4n) is 2.94. The average molecular weight is 324 g/mol. The van der Waals surface area contributed by atoms with Crippen LogP contribution in [-0.2, 0) is 0 Å². The first kappa shape index (κ1) is 16.2. The zero-order valence-corrected chi connectivity index (χ0v) is 14.3. The van der Waals surface area contributed by atoms with Crippen LogP contribution in [0.3, 0.4) is 0 Å². The molecule has 5 nitrogen and oxygen atoms in total. The van der Waals surface area contributed by atoms with E-state index < -0.39 is 0 Å². The molecule has 1 aliphatic heterocycles. The smallest absolute Gasteiger partial charge is 0.253 e. The van der Waals surface area contributed by atoms with Gasteiger partial charge in [0.25, 0.3) is 5.91 Å². The van der Waals surface area contributed by atoms with E-state index in [9.17, 15) is 4.79 Å². The van der Waals surface area contributed by atoms with Gasteiger partial charge in [0.15, 0.2) is 0 Å². The van der Waals surface area contributed by atoms with Gasteiger partial charge in [-0.2, -0.15) is 0 Å². The fraction of sp³-hybridized carbons (Fsp3) is 0.316. The van der Waals surface area contributed by atoms with Gasteiger partial charge in [-0.3, -0.25) is 4.79 Å². The number of nitrogens with two attached hydrogens (primary N) is 1. The summed E-state index contributed by atoms with van der Waals surface area (Å²) in [6.45, 7) is 3.15. The highest BCUT2D eigenvalue weighted by molar-refractivity contribution is 5.94. The fourth-order valence-corrected chi connectivity index (χ4v) is 2.94. The van der Waals surface area contributed by atoms with Crippen molar-refractivity contribution >= 4 is 23.0 Å². The van der Waals surface area contributed by atoms with E-state index in [1.165, 1.54) is 0 Å². The highest BCUT2D eigenvalue weighted by atomic mass is 16.2. The molecule has 1 heterocycles. The molecule has 126 valence electrons. The number of hydrogen-bond acceptors (Lipinski definition) is 4. The van der Waals surface area contributed by atoms with Gasteiger partial charge in [0, 0.05) is 62.9 Å². The number of nitrogens with zero attached hydrogens (tertiary/aromatic N) is 3. The second kappa shape index (κ2) is 6.83. The quantitative estimate of drug-likeness (QED) is 0.880. The van der Waals surface area contributed by atoms with Gasteiger partial charge in [-0.15, -0.1) is 0 Å². The van der Waals surface area contributed by atoms with Crippen LogP contribution in [0.4, 0.5) is 17.1 Å². The third-order valence-corrected chi connectivity index (χ3v) is 4.46. The van der Waals surface area contributed by atoms with Crippen molar-refractivity contribution in [3.8, 4) is 0 Å². The number of hydrogen-bond donors (Lipinski definition) is 1. The van der Waals surface area contributed by atoms with E-state index in [1.54, 1.807) is 0 Å². The molecule has 0 unspecified atom stereocenters. The van der Waals surface area contributed by atoms with Crippen molar-refractivity contribution in [1.82, 2.24) is 4.90 Å². The SMILES string of the molecule is CN(C)c1ccc(C(=O)N2CCN(c3ccc(N)cc3)CC2)cc1. The maximum Gasteiger partial charge on any atom is 0.253 e. The Bertz CT molecular complexity index is 686. The lowest BCUT2D eigenvalue weighted by Crippen LogP contribution is -2.48. The Kier molecular flexibility index (Phi) is 4.60. The minimum atomic E-state index is 0.109. The minimum absolute atomic E-state index is 0.109. The summed E-state index contributed by atoms with van der Waals surface area (Å²) >= 11 is 0. The normalized spacial score (nSPS) is 14.6. The molecule has 0 saturated carbocycles. The number of carbonyl (C=O) groups excluding carboxylic acids is 1. The van der Waals surface area contributed by atoms with Gasteiger partial charge >= 0.3 is 0 Å². The zero-order chi connectivity index (χ0) is 17.1. The van der Waals surface area contributed by atoms with E-state index >= 15 is 0 Å². The predicted octanol–water partition coefficient (Wildman–Crippen LogP) is 2.30. The Morgan fingerprint density at radius 3 is 2.04 bits per heavy atom. The molecule has 0 spiro atoms. The van der Waals surface area contributed by atoms with Crippen LogP contribution in [0.5, 0.6) is 0 Å². The number of amides is 1. The number of nitrogen functional groups attached to an aromatic ring is 1. The van der Waals surface area contributed by atoms with E-state index in [2.05, 4.69) is 4.90 Å². The number of rotatable bonds is 3. The van der Waals surface area contributed by atoms with Gasteiger partial charge in [0.1, 0.15) is 0 Å². The second-order valence-electron chi connectivity index (χ2n) is 6.31. The van der Waals surface area contributed by atoms with Crippen LogP contribution >= 0.6 is 0 Å². The first-order valence-corrected chi connectivity index (χ1v) is 8.22. The molecular weight excluding hydrogens is 300 g/mol. The lowest BCUT2D eigenvalue weighted by molar-refractivity contribution is 0.0747. The number of carbonyl (C=O) groups is 1. The Morgan fingerprint density at radius 2 is 1.50 bits per heavy atom. The molecule has 3 rings (SSSR count). The van der Waals surface area contributed by atoms with Crippen LogP contribution < -0.4 is 15.5 Å². The molecule has 2 aromatic rings. The molecule has 1 saturated heterocycles. The molecule has 0 aliphatic carbocycles. The summed E-state index contributed by atoms with van der Waals surface area (Å²) < 4.78 is 0. The van der Waals surface area contributed by atoms with Crippen LogP contribution in [0.25, 0.3) is 0 Å². The summed E-state index contributed by atoms with van der Waals surface area (Å²) in [6.07, 6.45) is 0. The van der Waals surface area contributed by atoms with Gasteiger partial charge in [-0.05, 0) is 48.5 Å². The Labute approximate surface area is 143 Å². The van der Waals surface area contributed by atoms with Gasteiger partial charge in [0.05, 0.1) is 0 Å². The second-order valence-corrected chi connectivity index (χ2v) is 6.31. The summed E-state index contributed by atoms with van der Waals surface area (Å²) in [6, 6.07) is 15.7. The zero-order valence-electron chi connectivity index (χ0n) is 14.3. The number of anilines is 3. The average Bonchev–Trinajstić information content (AvgIpc) is 2.62. The topological polar surface area (TPSA) is 52.8 Å². The molecule has 0 aromatic heterocycles. The van der Waals surface area contributed by atoms with Crippen molar-refractivity contribution in [1.29, 1.82) is 0 Å². The molecular formula is C19H24N4O. The summed E-state index contributed by atoms with van der Waals surface area (Å²) in [7, 11) is 3.99. The van der Waals surface area contributed by atoms with Crippen molar-refractivity contribution in [3.63, 3.8) is 0 Å². The van der Waals surface area contributed by atoms with Crippen LogP contribution in [-0.4, -0.2) is 51.1 Å².